The average molecular weight is 294 g/mol. The van der Waals surface area contributed by atoms with Crippen LogP contribution >= 0.6 is 0 Å². The minimum absolute atomic E-state index is 0.105. The molecular formula is C17H14N2O3. The highest BCUT2D eigenvalue weighted by atomic mass is 16.5. The van der Waals surface area contributed by atoms with Gasteiger partial charge >= 0.3 is 0 Å². The summed E-state index contributed by atoms with van der Waals surface area (Å²) in [4.78, 5) is 14.6. The minimum Gasteiger partial charge on any atom is -0.461 e. The van der Waals surface area contributed by atoms with Crippen LogP contribution in [0, 0.1) is 0 Å². The van der Waals surface area contributed by atoms with Crippen LogP contribution in [0.15, 0.2) is 57.7 Å². The molecule has 0 radical (unpaired) electrons. The monoisotopic (exact) mass is 294 g/mol. The zero-order valence-electron chi connectivity index (χ0n) is 12.0. The molecule has 0 N–H and O–H groups in total. The Kier molecular flexibility index (Phi) is 2.85. The first-order chi connectivity index (χ1) is 10.7. The number of rotatable bonds is 2. The van der Waals surface area contributed by atoms with Crippen molar-refractivity contribution in [1.82, 2.24) is 5.16 Å². The number of nitrogens with zero attached hydrogens (tertiary/aromatic N) is 2. The number of furan rings is 1. The number of fused-ring (bicyclic) bond motifs is 1. The third-order valence-electron chi connectivity index (χ3n) is 3.92. The van der Waals surface area contributed by atoms with E-state index in [9.17, 15) is 4.79 Å². The van der Waals surface area contributed by atoms with E-state index in [-0.39, 0.29) is 17.6 Å². The largest absolute Gasteiger partial charge is 0.461 e. The molecule has 22 heavy (non-hydrogen) atoms. The zero-order chi connectivity index (χ0) is 15.1. The molecule has 110 valence electrons. The summed E-state index contributed by atoms with van der Waals surface area (Å²) in [6.45, 7) is 2.03. The van der Waals surface area contributed by atoms with Crippen molar-refractivity contribution in [3.05, 3.63) is 60.0 Å². The number of carbonyl (C=O) groups excluding carboxylic acids is 1. The van der Waals surface area contributed by atoms with E-state index in [1.54, 1.807) is 29.4 Å². The first-order valence-corrected chi connectivity index (χ1v) is 7.16. The number of carbonyl (C=O) groups is 1. The molecule has 2 aromatic heterocycles. The molecule has 0 spiro atoms. The molecule has 3 aromatic rings. The van der Waals surface area contributed by atoms with Gasteiger partial charge in [0.05, 0.1) is 6.26 Å². The van der Waals surface area contributed by atoms with Gasteiger partial charge in [-0.25, -0.2) is 0 Å². The van der Waals surface area contributed by atoms with Gasteiger partial charge in [-0.15, -0.1) is 0 Å². The van der Waals surface area contributed by atoms with Crippen LogP contribution in [0.2, 0.25) is 0 Å². The standard InChI is InChI=1S/C17H14N2O3/c1-11-9-12-5-2-3-6-14(12)19(11)17(20)13-10-16(22-18-13)15-7-4-8-21-15/h2-8,10-11H,9H2,1H3/t11-/m1/s1. The summed E-state index contributed by atoms with van der Waals surface area (Å²) in [5, 5.41) is 3.90. The fraction of sp³-hybridized carbons (Fsp3) is 0.176. The zero-order valence-corrected chi connectivity index (χ0v) is 12.0. The number of hydrogen-bond acceptors (Lipinski definition) is 4. The van der Waals surface area contributed by atoms with Crippen molar-refractivity contribution >= 4 is 11.6 Å². The quantitative estimate of drug-likeness (QED) is 0.725. The number of benzene rings is 1. The number of hydrogen-bond donors (Lipinski definition) is 0. The molecule has 0 bridgehead atoms. The first-order valence-electron chi connectivity index (χ1n) is 7.16. The molecule has 0 saturated heterocycles. The van der Waals surface area contributed by atoms with E-state index in [2.05, 4.69) is 11.2 Å². The van der Waals surface area contributed by atoms with Crippen LogP contribution < -0.4 is 4.90 Å². The predicted octanol–water partition coefficient (Wildman–Crippen LogP) is 3.53. The second kappa shape index (κ2) is 4.87. The molecule has 1 aromatic carbocycles. The third kappa shape index (κ3) is 1.94. The molecule has 3 heterocycles. The summed E-state index contributed by atoms with van der Waals surface area (Å²) >= 11 is 0. The molecule has 5 nitrogen and oxygen atoms in total. The fourth-order valence-electron chi connectivity index (χ4n) is 2.91. The minimum atomic E-state index is -0.154. The summed E-state index contributed by atoms with van der Waals surface area (Å²) in [6, 6.07) is 13.2. The van der Waals surface area contributed by atoms with E-state index in [1.807, 2.05) is 25.1 Å². The Hall–Kier alpha value is -2.82. The highest BCUT2D eigenvalue weighted by molar-refractivity contribution is 6.06. The van der Waals surface area contributed by atoms with Gasteiger partial charge in [0, 0.05) is 17.8 Å². The maximum absolute atomic E-state index is 12.8. The lowest BCUT2D eigenvalue weighted by atomic mass is 10.1. The topological polar surface area (TPSA) is 59.5 Å². The SMILES string of the molecule is C[C@@H]1Cc2ccccc2N1C(=O)c1cc(-c2ccco2)on1. The maximum atomic E-state index is 12.8. The van der Waals surface area contributed by atoms with Gasteiger partial charge in [-0.3, -0.25) is 4.79 Å². The molecule has 5 heteroatoms. The molecule has 0 unspecified atom stereocenters. The van der Waals surface area contributed by atoms with Gasteiger partial charge in [0.15, 0.2) is 11.5 Å². The Morgan fingerprint density at radius 1 is 1.23 bits per heavy atom. The van der Waals surface area contributed by atoms with Gasteiger partial charge in [-0.05, 0) is 37.1 Å². The van der Waals surface area contributed by atoms with Gasteiger partial charge in [0.2, 0.25) is 5.76 Å². The summed E-state index contributed by atoms with van der Waals surface area (Å²) in [5.74, 6) is 0.855. The third-order valence-corrected chi connectivity index (χ3v) is 3.92. The van der Waals surface area contributed by atoms with Crippen molar-refractivity contribution in [2.75, 3.05) is 4.90 Å². The Morgan fingerprint density at radius 2 is 2.09 bits per heavy atom. The lowest BCUT2D eigenvalue weighted by Gasteiger charge is -2.21. The molecule has 1 aliphatic heterocycles. The van der Waals surface area contributed by atoms with Crippen molar-refractivity contribution in [2.45, 2.75) is 19.4 Å². The van der Waals surface area contributed by atoms with Crippen molar-refractivity contribution < 1.29 is 13.7 Å². The van der Waals surface area contributed by atoms with Crippen molar-refractivity contribution in [2.24, 2.45) is 0 Å². The molecule has 1 aliphatic rings. The van der Waals surface area contributed by atoms with Crippen LogP contribution in [0.4, 0.5) is 5.69 Å². The summed E-state index contributed by atoms with van der Waals surface area (Å²) < 4.78 is 10.5. The van der Waals surface area contributed by atoms with E-state index in [0.717, 1.165) is 12.1 Å². The Labute approximate surface area is 127 Å². The average Bonchev–Trinajstić information content (AvgIpc) is 3.25. The number of para-hydroxylation sites is 1. The van der Waals surface area contributed by atoms with E-state index in [1.165, 1.54) is 5.56 Å². The first kappa shape index (κ1) is 12.9. The summed E-state index contributed by atoms with van der Waals surface area (Å²) in [6.07, 6.45) is 2.41. The fourth-order valence-corrected chi connectivity index (χ4v) is 2.91. The Bertz CT molecular complexity index is 820. The molecule has 4 rings (SSSR count). The van der Waals surface area contributed by atoms with E-state index < -0.39 is 0 Å². The van der Waals surface area contributed by atoms with Crippen LogP contribution in [0.25, 0.3) is 11.5 Å². The molecule has 1 amide bonds. The molecule has 0 saturated carbocycles. The van der Waals surface area contributed by atoms with E-state index in [0.29, 0.717) is 11.5 Å². The summed E-state index contributed by atoms with van der Waals surface area (Å²) in [7, 11) is 0. The van der Waals surface area contributed by atoms with Gasteiger partial charge in [-0.2, -0.15) is 0 Å². The smallest absolute Gasteiger partial charge is 0.280 e. The second-order valence-electron chi connectivity index (χ2n) is 5.41. The lowest BCUT2D eigenvalue weighted by molar-refractivity contribution is 0.0973. The van der Waals surface area contributed by atoms with Crippen LogP contribution in [-0.4, -0.2) is 17.1 Å². The maximum Gasteiger partial charge on any atom is 0.280 e. The highest BCUT2D eigenvalue weighted by Gasteiger charge is 2.32. The van der Waals surface area contributed by atoms with Gasteiger partial charge in [0.1, 0.15) is 0 Å². The molecule has 0 aliphatic carbocycles. The highest BCUT2D eigenvalue weighted by Crippen LogP contribution is 2.33. The summed E-state index contributed by atoms with van der Waals surface area (Å²) in [5.41, 5.74) is 2.41. The van der Waals surface area contributed by atoms with E-state index in [4.69, 9.17) is 8.94 Å². The predicted molar refractivity (Wildman–Crippen MR) is 80.6 cm³/mol. The van der Waals surface area contributed by atoms with Crippen molar-refractivity contribution in [1.29, 1.82) is 0 Å². The normalized spacial score (nSPS) is 16.8. The van der Waals surface area contributed by atoms with Crippen LogP contribution in [0.3, 0.4) is 0 Å². The Balaban J connectivity index is 1.68. The van der Waals surface area contributed by atoms with Gasteiger partial charge < -0.3 is 13.8 Å². The van der Waals surface area contributed by atoms with Gasteiger partial charge in [0.25, 0.3) is 5.91 Å². The molecular weight excluding hydrogens is 280 g/mol. The van der Waals surface area contributed by atoms with Gasteiger partial charge in [-0.1, -0.05) is 23.4 Å². The Morgan fingerprint density at radius 3 is 2.91 bits per heavy atom. The van der Waals surface area contributed by atoms with Crippen LogP contribution in [-0.2, 0) is 6.42 Å². The number of amides is 1. The van der Waals surface area contributed by atoms with Crippen molar-refractivity contribution in [3.63, 3.8) is 0 Å². The van der Waals surface area contributed by atoms with Crippen LogP contribution in [0.5, 0.6) is 0 Å². The number of aromatic nitrogens is 1. The molecule has 0 fully saturated rings. The van der Waals surface area contributed by atoms with E-state index >= 15 is 0 Å². The van der Waals surface area contributed by atoms with Crippen LogP contribution in [0.1, 0.15) is 23.0 Å². The number of anilines is 1. The lowest BCUT2D eigenvalue weighted by Crippen LogP contribution is -2.35. The van der Waals surface area contributed by atoms with Crippen molar-refractivity contribution in [3.8, 4) is 11.5 Å². The molecule has 1 atom stereocenters. The second-order valence-corrected chi connectivity index (χ2v) is 5.41.